The van der Waals surface area contributed by atoms with Crippen LogP contribution >= 0.6 is 34.7 Å². The highest BCUT2D eigenvalue weighted by atomic mass is 35.5. The highest BCUT2D eigenvalue weighted by Crippen LogP contribution is 2.41. The average molecular weight is 704 g/mol. The summed E-state index contributed by atoms with van der Waals surface area (Å²) in [5.41, 5.74) is 6.00. The lowest BCUT2D eigenvalue weighted by atomic mass is 9.80. The Kier molecular flexibility index (Phi) is 9.15. The second-order valence-corrected chi connectivity index (χ2v) is 14.1. The lowest BCUT2D eigenvalue weighted by molar-refractivity contribution is -0.663. The molecule has 248 valence electrons. The van der Waals surface area contributed by atoms with Crippen molar-refractivity contribution in [2.75, 3.05) is 25.1 Å². The molecule has 0 bridgehead atoms. The maximum atomic E-state index is 13.5. The van der Waals surface area contributed by atoms with E-state index in [0.717, 1.165) is 41.9 Å². The number of nitrogens with zero attached hydrogens (tertiary/aromatic N) is 5. The SMILES string of the molecule is CNCCCn1ccc2c1ccc[n+]2CC1=C(C(=O)O)N2C(=O)C(NC(=O)/C(=N\OC3(C(=O)O)CCC3)c3nc(N)sc3Cl)C2SC1. The number of carboxylic acids is 2. The summed E-state index contributed by atoms with van der Waals surface area (Å²) in [6, 6.07) is 4.82. The van der Waals surface area contributed by atoms with E-state index in [-0.39, 0.29) is 40.2 Å². The zero-order chi connectivity index (χ0) is 33.5. The molecule has 3 aromatic heterocycles. The Morgan fingerprint density at radius 1 is 1.30 bits per heavy atom. The largest absolute Gasteiger partial charge is 0.478 e. The molecule has 2 unspecified atom stereocenters. The first-order chi connectivity index (χ1) is 22.5. The van der Waals surface area contributed by atoms with Crippen LogP contribution in [0, 0.1) is 0 Å². The van der Waals surface area contributed by atoms with Gasteiger partial charge in [0.05, 0.1) is 0 Å². The third-order valence-corrected chi connectivity index (χ3v) is 10.9. The molecule has 6 N–H and O–H groups in total. The van der Waals surface area contributed by atoms with Gasteiger partial charge in [-0.05, 0) is 32.5 Å². The highest BCUT2D eigenvalue weighted by Gasteiger charge is 2.55. The Hall–Kier alpha value is -4.19. The molecule has 2 atom stereocenters. The van der Waals surface area contributed by atoms with Gasteiger partial charge in [-0.25, -0.2) is 14.6 Å². The molecule has 2 aliphatic heterocycles. The second kappa shape index (κ2) is 13.1. The summed E-state index contributed by atoms with van der Waals surface area (Å²) in [5.74, 6) is -3.69. The monoisotopic (exact) mass is 703 g/mol. The van der Waals surface area contributed by atoms with E-state index in [1.807, 2.05) is 42.2 Å². The molecular formula is C29H32ClN8O7S2+. The maximum Gasteiger partial charge on any atom is 0.352 e. The number of anilines is 1. The summed E-state index contributed by atoms with van der Waals surface area (Å²) in [6.45, 7) is 1.96. The van der Waals surface area contributed by atoms with Gasteiger partial charge in [-0.3, -0.25) is 14.5 Å². The number of β-lactam (4-membered cyclic amide) rings is 1. The predicted molar refractivity (Wildman–Crippen MR) is 174 cm³/mol. The Morgan fingerprint density at radius 3 is 2.72 bits per heavy atom. The molecule has 5 heterocycles. The van der Waals surface area contributed by atoms with Crippen LogP contribution in [0.2, 0.25) is 4.34 Å². The van der Waals surface area contributed by atoms with Crippen LogP contribution in [0.1, 0.15) is 31.4 Å². The number of hydrogen-bond donors (Lipinski definition) is 5. The van der Waals surface area contributed by atoms with Crippen molar-refractivity contribution in [3.63, 3.8) is 0 Å². The summed E-state index contributed by atoms with van der Waals surface area (Å²) in [7, 11) is 1.91. The molecule has 3 aromatic rings. The van der Waals surface area contributed by atoms with E-state index in [9.17, 15) is 29.4 Å². The summed E-state index contributed by atoms with van der Waals surface area (Å²) < 4.78 is 4.13. The van der Waals surface area contributed by atoms with Gasteiger partial charge in [0, 0.05) is 49.0 Å². The van der Waals surface area contributed by atoms with E-state index in [1.54, 1.807) is 0 Å². The molecular weight excluding hydrogens is 672 g/mol. The molecule has 15 nitrogen and oxygen atoms in total. The second-order valence-electron chi connectivity index (χ2n) is 11.3. The standard InChI is InChI=1S/C29H31ClN8O7S2/c1-32-9-4-11-36-12-6-17-16(36)5-2-10-37(17)13-15-14-46-25-20(24(40)38(25)21(15)26(41)42)33-23(39)19(18-22(30)47-28(31)34-18)35-45-29(27(43)44)7-3-8-29/h2,5-6,10,12,20,25,32H,3-4,7-9,11,13-14H2,1H3,(H4-,31,33,34,39,41,42,43,44)/p+1/b35-19-. The molecule has 1 aliphatic carbocycles. The molecule has 2 fully saturated rings. The average Bonchev–Trinajstić information content (AvgIpc) is 3.58. The molecule has 0 radical (unpaired) electrons. The minimum Gasteiger partial charge on any atom is -0.478 e. The summed E-state index contributed by atoms with van der Waals surface area (Å²) in [5, 5.41) is 28.8. The zero-order valence-corrected chi connectivity index (χ0v) is 27.5. The first-order valence-electron chi connectivity index (χ1n) is 14.8. The zero-order valence-electron chi connectivity index (χ0n) is 25.1. The molecule has 1 saturated carbocycles. The van der Waals surface area contributed by atoms with Gasteiger partial charge in [-0.1, -0.05) is 28.1 Å². The summed E-state index contributed by atoms with van der Waals surface area (Å²) in [6.07, 6.45) is 5.84. The van der Waals surface area contributed by atoms with Crippen LogP contribution < -0.4 is 20.9 Å². The molecule has 47 heavy (non-hydrogen) atoms. The van der Waals surface area contributed by atoms with Gasteiger partial charge in [0.25, 0.3) is 11.8 Å². The number of amides is 2. The van der Waals surface area contributed by atoms with Crippen LogP contribution in [-0.4, -0.2) is 90.5 Å². The third-order valence-electron chi connectivity index (χ3n) is 8.44. The molecule has 3 aliphatic rings. The lowest BCUT2D eigenvalue weighted by Crippen LogP contribution is -2.71. The Morgan fingerprint density at radius 2 is 2.09 bits per heavy atom. The molecule has 18 heteroatoms. The van der Waals surface area contributed by atoms with Gasteiger partial charge in [-0.15, -0.1) is 11.8 Å². The Labute approximate surface area is 281 Å². The highest BCUT2D eigenvalue weighted by molar-refractivity contribution is 8.00. The molecule has 2 amide bonds. The van der Waals surface area contributed by atoms with Gasteiger partial charge in [0.1, 0.15) is 32.7 Å². The van der Waals surface area contributed by atoms with Crippen molar-refractivity contribution in [1.82, 2.24) is 25.1 Å². The number of nitrogen functional groups attached to an aromatic ring is 1. The number of aromatic nitrogens is 3. The number of aliphatic carboxylic acids is 2. The fourth-order valence-corrected chi connectivity index (χ4v) is 8.09. The Bertz CT molecular complexity index is 1840. The normalized spacial score (nSPS) is 20.4. The van der Waals surface area contributed by atoms with Crippen molar-refractivity contribution < 1.29 is 38.8 Å². The number of thioether (sulfide) groups is 1. The number of carbonyl (C=O) groups is 4. The number of carbonyl (C=O) groups excluding carboxylic acids is 2. The molecule has 6 rings (SSSR count). The number of hydrogen-bond acceptors (Lipinski definition) is 11. The Balaban J connectivity index is 1.22. The third kappa shape index (κ3) is 6.03. The number of nitrogens with one attached hydrogen (secondary N) is 2. The van der Waals surface area contributed by atoms with E-state index in [1.165, 1.54) is 16.7 Å². The van der Waals surface area contributed by atoms with E-state index < -0.39 is 46.5 Å². The van der Waals surface area contributed by atoms with Gasteiger partial charge >= 0.3 is 11.9 Å². The number of aryl methyl sites for hydroxylation is 1. The van der Waals surface area contributed by atoms with Crippen molar-refractivity contribution in [3.8, 4) is 0 Å². The number of rotatable bonds is 13. The summed E-state index contributed by atoms with van der Waals surface area (Å²) in [4.78, 5) is 62.0. The van der Waals surface area contributed by atoms with Crippen molar-refractivity contribution in [2.24, 2.45) is 5.16 Å². The van der Waals surface area contributed by atoms with Crippen LogP contribution in [-0.2, 0) is 37.1 Å². The van der Waals surface area contributed by atoms with Crippen LogP contribution in [0.15, 0.2) is 47.0 Å². The first-order valence-corrected chi connectivity index (χ1v) is 17.0. The van der Waals surface area contributed by atoms with Crippen molar-refractivity contribution in [3.05, 3.63) is 51.9 Å². The minimum absolute atomic E-state index is 0.0214. The number of oxime groups is 1. The van der Waals surface area contributed by atoms with Crippen LogP contribution in [0.5, 0.6) is 0 Å². The van der Waals surface area contributed by atoms with Crippen molar-refractivity contribution in [2.45, 2.75) is 55.8 Å². The van der Waals surface area contributed by atoms with Gasteiger partial charge in [0.15, 0.2) is 23.6 Å². The number of thiazole rings is 1. The smallest absolute Gasteiger partial charge is 0.352 e. The topological polar surface area (TPSA) is 205 Å². The minimum atomic E-state index is -1.59. The number of nitrogens with two attached hydrogens (primary N) is 1. The van der Waals surface area contributed by atoms with E-state index >= 15 is 0 Å². The van der Waals surface area contributed by atoms with Crippen LogP contribution in [0.25, 0.3) is 11.0 Å². The first kappa shape index (κ1) is 32.7. The van der Waals surface area contributed by atoms with Gasteiger partial charge < -0.3 is 36.0 Å². The fraction of sp³-hybridized carbons (Fsp3) is 0.414. The quantitative estimate of drug-likeness (QED) is 0.0566. The van der Waals surface area contributed by atoms with Crippen LogP contribution in [0.4, 0.5) is 5.13 Å². The molecule has 1 saturated heterocycles. The predicted octanol–water partition coefficient (Wildman–Crippen LogP) is 1.40. The number of halogens is 1. The van der Waals surface area contributed by atoms with Crippen molar-refractivity contribution in [1.29, 1.82) is 0 Å². The number of fused-ring (bicyclic) bond motifs is 2. The van der Waals surface area contributed by atoms with Gasteiger partial charge in [0.2, 0.25) is 11.1 Å². The molecule has 0 spiro atoms. The maximum absolute atomic E-state index is 13.5. The number of pyridine rings is 1. The van der Waals surface area contributed by atoms with Crippen molar-refractivity contribution >= 4 is 80.3 Å². The van der Waals surface area contributed by atoms with E-state index in [2.05, 4.69) is 25.3 Å². The van der Waals surface area contributed by atoms with Crippen LogP contribution in [0.3, 0.4) is 0 Å². The number of carboxylic acid groups (broad SMARTS) is 2. The molecule has 0 aromatic carbocycles. The van der Waals surface area contributed by atoms with E-state index in [4.69, 9.17) is 22.2 Å². The summed E-state index contributed by atoms with van der Waals surface area (Å²) >= 11 is 8.47. The fourth-order valence-electron chi connectivity index (χ4n) is 5.83. The van der Waals surface area contributed by atoms with E-state index in [0.29, 0.717) is 17.7 Å². The lowest BCUT2D eigenvalue weighted by Gasteiger charge is -2.49. The van der Waals surface area contributed by atoms with Gasteiger partial charge in [-0.2, -0.15) is 4.57 Å².